The molecule has 0 aromatic heterocycles. The molecule has 1 aromatic carbocycles. The number of hydrogen-bond acceptors (Lipinski definition) is 3. The van der Waals surface area contributed by atoms with Crippen LogP contribution < -0.4 is 5.14 Å². The van der Waals surface area contributed by atoms with Crippen molar-refractivity contribution in [3.63, 3.8) is 0 Å². The molecule has 0 amide bonds. The largest absolute Gasteiger partial charge is 0.294 e. The molecule has 19 heavy (non-hydrogen) atoms. The van der Waals surface area contributed by atoms with E-state index in [0.717, 1.165) is 0 Å². The minimum Gasteiger partial charge on any atom is -0.294 e. The monoisotopic (exact) mass is 287 g/mol. The van der Waals surface area contributed by atoms with E-state index in [0.29, 0.717) is 31.7 Å². The first-order chi connectivity index (χ1) is 8.89. The first-order valence-electron chi connectivity index (χ1n) is 6.16. The van der Waals surface area contributed by atoms with E-state index in [1.807, 2.05) is 6.92 Å². The molecular weight excluding hydrogens is 269 g/mol. The van der Waals surface area contributed by atoms with E-state index in [9.17, 15) is 12.8 Å². The van der Waals surface area contributed by atoms with E-state index in [1.165, 1.54) is 10.4 Å². The summed E-state index contributed by atoms with van der Waals surface area (Å²) in [7, 11) is -3.62. The molecule has 1 heterocycles. The van der Waals surface area contributed by atoms with Crippen molar-refractivity contribution in [2.45, 2.75) is 13.0 Å². The molecule has 1 aliphatic rings. The van der Waals surface area contributed by atoms with Crippen molar-refractivity contribution in [2.24, 2.45) is 5.14 Å². The standard InChI is InChI=1S/C12H18FN3O2S/c1-10(11-4-2-3-5-12(11)13)15-6-8-16(9-7-15)19(14,17)18/h2-5,10H,6-9H2,1H3,(H2,14,17,18). The summed E-state index contributed by atoms with van der Waals surface area (Å²) >= 11 is 0. The lowest BCUT2D eigenvalue weighted by atomic mass is 10.1. The SMILES string of the molecule is CC(c1ccccc1F)N1CCN(S(N)(=O)=O)CC1. The van der Waals surface area contributed by atoms with E-state index >= 15 is 0 Å². The minimum absolute atomic E-state index is 0.0798. The molecular formula is C12H18FN3O2S. The molecule has 0 bridgehead atoms. The molecule has 1 fully saturated rings. The van der Waals surface area contributed by atoms with Gasteiger partial charge < -0.3 is 0 Å². The second kappa shape index (κ2) is 5.54. The number of benzene rings is 1. The van der Waals surface area contributed by atoms with Gasteiger partial charge in [-0.15, -0.1) is 0 Å². The molecule has 1 aliphatic heterocycles. The quantitative estimate of drug-likeness (QED) is 0.890. The second-order valence-electron chi connectivity index (χ2n) is 4.68. The van der Waals surface area contributed by atoms with Crippen molar-refractivity contribution in [3.05, 3.63) is 35.6 Å². The van der Waals surface area contributed by atoms with Crippen LogP contribution in [0.3, 0.4) is 0 Å². The van der Waals surface area contributed by atoms with Gasteiger partial charge in [0.2, 0.25) is 0 Å². The first-order valence-corrected chi connectivity index (χ1v) is 7.66. The Hall–Kier alpha value is -1.02. The third-order valence-electron chi connectivity index (χ3n) is 3.54. The number of halogens is 1. The zero-order chi connectivity index (χ0) is 14.0. The van der Waals surface area contributed by atoms with Crippen molar-refractivity contribution >= 4 is 10.2 Å². The summed E-state index contributed by atoms with van der Waals surface area (Å²) in [5.41, 5.74) is 0.631. The van der Waals surface area contributed by atoms with E-state index in [1.54, 1.807) is 18.2 Å². The lowest BCUT2D eigenvalue weighted by Crippen LogP contribution is -2.51. The number of piperazine rings is 1. The maximum Gasteiger partial charge on any atom is 0.276 e. The highest BCUT2D eigenvalue weighted by molar-refractivity contribution is 7.86. The maximum absolute atomic E-state index is 13.7. The Morgan fingerprint density at radius 3 is 2.32 bits per heavy atom. The lowest BCUT2D eigenvalue weighted by molar-refractivity contribution is 0.143. The van der Waals surface area contributed by atoms with E-state index in [2.05, 4.69) is 4.90 Å². The van der Waals surface area contributed by atoms with Gasteiger partial charge in [-0.05, 0) is 13.0 Å². The number of nitrogens with two attached hydrogens (primary N) is 1. The Balaban J connectivity index is 2.04. The van der Waals surface area contributed by atoms with Crippen LogP contribution in [0.25, 0.3) is 0 Å². The summed E-state index contributed by atoms with van der Waals surface area (Å²) in [5.74, 6) is -0.233. The van der Waals surface area contributed by atoms with Crippen molar-refractivity contribution in [1.82, 2.24) is 9.21 Å². The topological polar surface area (TPSA) is 66.6 Å². The smallest absolute Gasteiger partial charge is 0.276 e. The summed E-state index contributed by atoms with van der Waals surface area (Å²) < 4.78 is 37.4. The highest BCUT2D eigenvalue weighted by Crippen LogP contribution is 2.24. The molecule has 7 heteroatoms. The predicted octanol–water partition coefficient (Wildman–Crippen LogP) is 0.708. The summed E-state index contributed by atoms with van der Waals surface area (Å²) in [5, 5.41) is 5.09. The summed E-state index contributed by atoms with van der Waals surface area (Å²) in [6.45, 7) is 3.71. The fraction of sp³-hybridized carbons (Fsp3) is 0.500. The van der Waals surface area contributed by atoms with Crippen molar-refractivity contribution in [1.29, 1.82) is 0 Å². The van der Waals surface area contributed by atoms with Crippen molar-refractivity contribution < 1.29 is 12.8 Å². The van der Waals surface area contributed by atoms with Gasteiger partial charge in [-0.3, -0.25) is 4.90 Å². The van der Waals surface area contributed by atoms with Gasteiger partial charge in [0.25, 0.3) is 10.2 Å². The molecule has 0 radical (unpaired) electrons. The molecule has 1 aromatic rings. The predicted molar refractivity (Wildman–Crippen MR) is 71.1 cm³/mol. The van der Waals surface area contributed by atoms with Crippen molar-refractivity contribution in [2.75, 3.05) is 26.2 Å². The number of nitrogens with zero attached hydrogens (tertiary/aromatic N) is 2. The fourth-order valence-corrected chi connectivity index (χ4v) is 3.03. The van der Waals surface area contributed by atoms with Crippen LogP contribution in [0, 0.1) is 5.82 Å². The lowest BCUT2D eigenvalue weighted by Gasteiger charge is -2.36. The molecule has 0 aliphatic carbocycles. The van der Waals surface area contributed by atoms with Gasteiger partial charge in [0.1, 0.15) is 5.82 Å². The van der Waals surface area contributed by atoms with Crippen molar-refractivity contribution in [3.8, 4) is 0 Å². The molecule has 1 saturated heterocycles. The average Bonchev–Trinajstić information content (AvgIpc) is 2.38. The summed E-state index contributed by atoms with van der Waals surface area (Å²) in [6.07, 6.45) is 0. The van der Waals surface area contributed by atoms with Crippen LogP contribution in [-0.4, -0.2) is 43.8 Å². The second-order valence-corrected chi connectivity index (χ2v) is 6.22. The van der Waals surface area contributed by atoms with Crippen LogP contribution in [0.5, 0.6) is 0 Å². The molecule has 106 valence electrons. The third-order valence-corrected chi connectivity index (χ3v) is 4.62. The molecule has 2 N–H and O–H groups in total. The Labute approximate surface area is 113 Å². The normalized spacial score (nSPS) is 20.4. The Bertz CT molecular complexity index is 542. The van der Waals surface area contributed by atoms with Crippen LogP contribution in [0.1, 0.15) is 18.5 Å². The Morgan fingerprint density at radius 1 is 1.21 bits per heavy atom. The molecule has 1 unspecified atom stereocenters. The number of rotatable bonds is 3. The van der Waals surface area contributed by atoms with E-state index < -0.39 is 10.2 Å². The van der Waals surface area contributed by atoms with E-state index in [4.69, 9.17) is 5.14 Å². The summed E-state index contributed by atoms with van der Waals surface area (Å²) in [4.78, 5) is 2.06. The van der Waals surface area contributed by atoms with Gasteiger partial charge in [0, 0.05) is 37.8 Å². The number of hydrogen-bond donors (Lipinski definition) is 1. The molecule has 5 nitrogen and oxygen atoms in total. The zero-order valence-electron chi connectivity index (χ0n) is 10.8. The van der Waals surface area contributed by atoms with Gasteiger partial charge in [-0.1, -0.05) is 18.2 Å². The average molecular weight is 287 g/mol. The molecule has 1 atom stereocenters. The van der Waals surface area contributed by atoms with E-state index in [-0.39, 0.29) is 11.9 Å². The first kappa shape index (κ1) is 14.4. The molecule has 0 saturated carbocycles. The zero-order valence-corrected chi connectivity index (χ0v) is 11.6. The van der Waals surface area contributed by atoms with Crippen LogP contribution in [0.15, 0.2) is 24.3 Å². The minimum atomic E-state index is -3.62. The maximum atomic E-state index is 13.7. The van der Waals surface area contributed by atoms with Crippen LogP contribution in [0.4, 0.5) is 4.39 Å². The van der Waals surface area contributed by atoms with Gasteiger partial charge >= 0.3 is 0 Å². The van der Waals surface area contributed by atoms with Gasteiger partial charge in [-0.25, -0.2) is 9.53 Å². The van der Waals surface area contributed by atoms with Gasteiger partial charge in [-0.2, -0.15) is 12.7 Å². The van der Waals surface area contributed by atoms with Gasteiger partial charge in [0.05, 0.1) is 0 Å². The fourth-order valence-electron chi connectivity index (χ4n) is 2.36. The highest BCUT2D eigenvalue weighted by Gasteiger charge is 2.27. The highest BCUT2D eigenvalue weighted by atomic mass is 32.2. The Kier molecular flexibility index (Phi) is 4.19. The van der Waals surface area contributed by atoms with Crippen LogP contribution in [0.2, 0.25) is 0 Å². The molecule has 2 rings (SSSR count). The Morgan fingerprint density at radius 2 is 1.79 bits per heavy atom. The summed E-state index contributed by atoms with van der Waals surface area (Å²) in [6, 6.07) is 6.57. The van der Waals surface area contributed by atoms with Crippen LogP contribution in [-0.2, 0) is 10.2 Å². The molecule has 0 spiro atoms. The van der Waals surface area contributed by atoms with Crippen LogP contribution >= 0.6 is 0 Å². The van der Waals surface area contributed by atoms with Gasteiger partial charge in [0.15, 0.2) is 0 Å². The third kappa shape index (κ3) is 3.30.